The Morgan fingerprint density at radius 3 is 2.61 bits per heavy atom. The molecule has 1 aliphatic heterocycles. The van der Waals surface area contributed by atoms with Gasteiger partial charge in [0.1, 0.15) is 11.5 Å². The molecule has 1 aromatic carbocycles. The number of amides is 1. The normalized spacial score (nSPS) is 18.1. The molecule has 1 saturated heterocycles. The van der Waals surface area contributed by atoms with Gasteiger partial charge in [-0.15, -0.1) is 0 Å². The maximum atomic E-state index is 13.0. The number of nitrogens with zero attached hydrogens (tertiary/aromatic N) is 3. The van der Waals surface area contributed by atoms with Crippen LogP contribution in [-0.4, -0.2) is 65.4 Å². The molecular formula is C24H29N3O4. The van der Waals surface area contributed by atoms with Gasteiger partial charge in [-0.25, -0.2) is 0 Å². The number of Topliss-reactive ketones (excluding diaryl/α,β-unsaturated/α-hetero) is 1. The summed E-state index contributed by atoms with van der Waals surface area (Å²) in [4.78, 5) is 33.5. The summed E-state index contributed by atoms with van der Waals surface area (Å²) in [7, 11) is 3.92. The number of benzene rings is 1. The molecule has 1 fully saturated rings. The van der Waals surface area contributed by atoms with Crippen molar-refractivity contribution in [1.29, 1.82) is 0 Å². The molecule has 1 atom stereocenters. The van der Waals surface area contributed by atoms with Crippen molar-refractivity contribution in [2.75, 3.05) is 33.8 Å². The highest BCUT2D eigenvalue weighted by molar-refractivity contribution is 6.46. The SMILES string of the molecule is CCCOc1cccc(/C(O)=C2\C(=O)C(=O)N(CCCN(C)C)C2c2ccncc2)c1. The topological polar surface area (TPSA) is 83.0 Å². The Balaban J connectivity index is 2.03. The molecule has 1 unspecified atom stereocenters. The summed E-state index contributed by atoms with van der Waals surface area (Å²) >= 11 is 0. The van der Waals surface area contributed by atoms with E-state index in [1.807, 2.05) is 25.9 Å². The van der Waals surface area contributed by atoms with Crippen molar-refractivity contribution in [3.05, 3.63) is 65.5 Å². The van der Waals surface area contributed by atoms with Crippen LogP contribution in [0.15, 0.2) is 54.4 Å². The van der Waals surface area contributed by atoms with E-state index in [1.165, 1.54) is 0 Å². The molecule has 1 aromatic heterocycles. The van der Waals surface area contributed by atoms with Crippen molar-refractivity contribution in [3.63, 3.8) is 0 Å². The molecule has 1 N–H and O–H groups in total. The van der Waals surface area contributed by atoms with Gasteiger partial charge >= 0.3 is 0 Å². The lowest BCUT2D eigenvalue weighted by Gasteiger charge is -2.25. The number of hydrogen-bond donors (Lipinski definition) is 1. The van der Waals surface area contributed by atoms with Gasteiger partial charge in [-0.1, -0.05) is 19.1 Å². The van der Waals surface area contributed by atoms with Gasteiger partial charge in [0.25, 0.3) is 11.7 Å². The summed E-state index contributed by atoms with van der Waals surface area (Å²) in [5, 5.41) is 11.1. The lowest BCUT2D eigenvalue weighted by atomic mass is 9.96. The number of aromatic nitrogens is 1. The van der Waals surface area contributed by atoms with E-state index in [-0.39, 0.29) is 11.3 Å². The number of ketones is 1. The molecule has 1 aliphatic rings. The lowest BCUT2D eigenvalue weighted by molar-refractivity contribution is -0.139. The van der Waals surface area contributed by atoms with Crippen LogP contribution in [0.2, 0.25) is 0 Å². The van der Waals surface area contributed by atoms with E-state index in [2.05, 4.69) is 4.98 Å². The minimum atomic E-state index is -0.677. The fourth-order valence-corrected chi connectivity index (χ4v) is 3.67. The average Bonchev–Trinajstić information content (AvgIpc) is 3.02. The Bertz CT molecular complexity index is 956. The van der Waals surface area contributed by atoms with Gasteiger partial charge in [0.2, 0.25) is 0 Å². The average molecular weight is 424 g/mol. The maximum absolute atomic E-state index is 13.0. The second-order valence-corrected chi connectivity index (χ2v) is 7.81. The summed E-state index contributed by atoms with van der Waals surface area (Å²) < 4.78 is 5.66. The minimum absolute atomic E-state index is 0.0914. The zero-order valence-corrected chi connectivity index (χ0v) is 18.2. The number of carbonyl (C=O) groups is 2. The second kappa shape index (κ2) is 10.2. The van der Waals surface area contributed by atoms with Crippen molar-refractivity contribution in [1.82, 2.24) is 14.8 Å². The van der Waals surface area contributed by atoms with Crippen LogP contribution in [0.5, 0.6) is 5.75 Å². The van der Waals surface area contributed by atoms with Crippen LogP contribution in [0, 0.1) is 0 Å². The molecule has 0 bridgehead atoms. The molecule has 0 aliphatic carbocycles. The van der Waals surface area contributed by atoms with Crippen LogP contribution in [0.4, 0.5) is 0 Å². The number of hydrogen-bond acceptors (Lipinski definition) is 6. The Kier molecular flexibility index (Phi) is 7.41. The first-order valence-electron chi connectivity index (χ1n) is 10.5. The fraction of sp³-hybridized carbons (Fsp3) is 0.375. The van der Waals surface area contributed by atoms with E-state index in [4.69, 9.17) is 4.74 Å². The Morgan fingerprint density at radius 1 is 1.19 bits per heavy atom. The third-order valence-electron chi connectivity index (χ3n) is 5.15. The predicted molar refractivity (Wildman–Crippen MR) is 119 cm³/mol. The van der Waals surface area contributed by atoms with Crippen LogP contribution in [0.3, 0.4) is 0 Å². The summed E-state index contributed by atoms with van der Waals surface area (Å²) in [6.07, 6.45) is 4.81. The van der Waals surface area contributed by atoms with Gasteiger partial charge in [-0.05, 0) is 63.3 Å². The van der Waals surface area contributed by atoms with Gasteiger partial charge in [-0.2, -0.15) is 0 Å². The van der Waals surface area contributed by atoms with E-state index in [9.17, 15) is 14.7 Å². The zero-order valence-electron chi connectivity index (χ0n) is 18.2. The van der Waals surface area contributed by atoms with Gasteiger partial charge in [-0.3, -0.25) is 14.6 Å². The molecule has 7 heteroatoms. The van der Waals surface area contributed by atoms with Gasteiger partial charge in [0.05, 0.1) is 18.2 Å². The number of rotatable bonds is 9. The quantitative estimate of drug-likeness (QED) is 0.379. The number of carbonyl (C=O) groups excluding carboxylic acids is 2. The van der Waals surface area contributed by atoms with Gasteiger partial charge in [0, 0.05) is 24.5 Å². The highest BCUT2D eigenvalue weighted by atomic mass is 16.5. The van der Waals surface area contributed by atoms with Crippen molar-refractivity contribution in [3.8, 4) is 5.75 Å². The van der Waals surface area contributed by atoms with Crippen LogP contribution in [0.1, 0.15) is 36.9 Å². The van der Waals surface area contributed by atoms with Crippen molar-refractivity contribution < 1.29 is 19.4 Å². The zero-order chi connectivity index (χ0) is 22.4. The van der Waals surface area contributed by atoms with E-state index in [0.29, 0.717) is 30.9 Å². The standard InChI is InChI=1S/C24H29N3O4/c1-4-15-31-19-8-5-7-18(16-19)22(28)20-21(17-9-11-25-12-10-17)27(24(30)23(20)29)14-6-13-26(2)3/h5,7-12,16,21,28H,4,6,13-15H2,1-3H3/b22-20+. The van der Waals surface area contributed by atoms with Crippen molar-refractivity contribution in [2.24, 2.45) is 0 Å². The minimum Gasteiger partial charge on any atom is -0.507 e. The van der Waals surface area contributed by atoms with Crippen molar-refractivity contribution in [2.45, 2.75) is 25.8 Å². The Hall–Kier alpha value is -3.19. The first kappa shape index (κ1) is 22.5. The second-order valence-electron chi connectivity index (χ2n) is 7.81. The molecule has 2 aromatic rings. The molecule has 7 nitrogen and oxygen atoms in total. The highest BCUT2D eigenvalue weighted by Gasteiger charge is 2.45. The molecule has 0 saturated carbocycles. The number of ether oxygens (including phenoxy) is 1. The summed E-state index contributed by atoms with van der Waals surface area (Å²) in [5.74, 6) is -0.867. The number of pyridine rings is 1. The smallest absolute Gasteiger partial charge is 0.295 e. The summed E-state index contributed by atoms with van der Waals surface area (Å²) in [5.41, 5.74) is 1.27. The number of aliphatic hydroxyl groups excluding tert-OH is 1. The molecule has 164 valence electrons. The summed E-state index contributed by atoms with van der Waals surface area (Å²) in [6, 6.07) is 9.82. The highest BCUT2D eigenvalue weighted by Crippen LogP contribution is 2.39. The fourth-order valence-electron chi connectivity index (χ4n) is 3.67. The van der Waals surface area contributed by atoms with Gasteiger partial charge in [0.15, 0.2) is 0 Å². The van der Waals surface area contributed by atoms with Crippen LogP contribution < -0.4 is 4.74 Å². The summed E-state index contributed by atoms with van der Waals surface area (Å²) in [6.45, 7) is 3.75. The van der Waals surface area contributed by atoms with Crippen LogP contribution in [-0.2, 0) is 9.59 Å². The number of aliphatic hydroxyl groups is 1. The maximum Gasteiger partial charge on any atom is 0.295 e. The third-order valence-corrected chi connectivity index (χ3v) is 5.15. The Morgan fingerprint density at radius 2 is 1.94 bits per heavy atom. The molecule has 0 radical (unpaired) electrons. The first-order valence-corrected chi connectivity index (χ1v) is 10.5. The molecule has 1 amide bonds. The van der Waals surface area contributed by atoms with E-state index in [1.54, 1.807) is 53.7 Å². The molecular weight excluding hydrogens is 394 g/mol. The third kappa shape index (κ3) is 5.11. The Labute approximate surface area is 183 Å². The van der Waals surface area contributed by atoms with E-state index in [0.717, 1.165) is 18.5 Å². The molecule has 0 spiro atoms. The van der Waals surface area contributed by atoms with Crippen LogP contribution in [0.25, 0.3) is 5.76 Å². The monoisotopic (exact) mass is 423 g/mol. The largest absolute Gasteiger partial charge is 0.507 e. The predicted octanol–water partition coefficient (Wildman–Crippen LogP) is 3.24. The van der Waals surface area contributed by atoms with E-state index < -0.39 is 17.7 Å². The van der Waals surface area contributed by atoms with Crippen molar-refractivity contribution >= 4 is 17.4 Å². The molecule has 2 heterocycles. The lowest BCUT2D eigenvalue weighted by Crippen LogP contribution is -2.32. The molecule has 31 heavy (non-hydrogen) atoms. The van der Waals surface area contributed by atoms with E-state index >= 15 is 0 Å². The number of likely N-dealkylation sites (tertiary alicyclic amines) is 1. The molecule has 3 rings (SSSR count). The van der Waals surface area contributed by atoms with Gasteiger partial charge < -0.3 is 19.6 Å². The first-order chi connectivity index (χ1) is 14.9. The van der Waals surface area contributed by atoms with Crippen LogP contribution >= 0.6 is 0 Å².